The highest BCUT2D eigenvalue weighted by Gasteiger charge is 2.28. The summed E-state index contributed by atoms with van der Waals surface area (Å²) in [6, 6.07) is 49.5. The SMILES string of the molecule is CC(C)(c1cccc(-c2cc(-c3ccccc3)cc(-c3ccccc3)c2)n1)c1cccc2c1[nH]c1ccccc12. The number of aromatic nitrogens is 2. The molecule has 0 spiro atoms. The minimum absolute atomic E-state index is 0.310. The standard InChI is InChI=1S/C38H30N2/c1-38(2,33-19-11-18-32-31-17-9-10-20-35(31)40-37(32)33)36-22-12-21-34(39-36)30-24-28(26-13-5-3-6-14-26)23-29(25-30)27-15-7-4-8-16-27/h3-25,40H,1-2H3. The minimum atomic E-state index is -0.310. The van der Waals surface area contributed by atoms with Crippen LogP contribution >= 0.6 is 0 Å². The first-order chi connectivity index (χ1) is 19.6. The van der Waals surface area contributed by atoms with Gasteiger partial charge in [0.05, 0.1) is 16.9 Å². The van der Waals surface area contributed by atoms with Crippen LogP contribution in [0.1, 0.15) is 25.1 Å². The van der Waals surface area contributed by atoms with E-state index in [1.54, 1.807) is 0 Å². The van der Waals surface area contributed by atoms with Crippen molar-refractivity contribution in [2.24, 2.45) is 0 Å². The molecular weight excluding hydrogens is 484 g/mol. The van der Waals surface area contributed by atoms with E-state index in [0.717, 1.165) is 22.5 Å². The Hall–Kier alpha value is -4.95. The Morgan fingerprint density at radius 2 is 1.07 bits per heavy atom. The van der Waals surface area contributed by atoms with Gasteiger partial charge in [-0.3, -0.25) is 4.98 Å². The lowest BCUT2D eigenvalue weighted by Crippen LogP contribution is -2.21. The van der Waals surface area contributed by atoms with E-state index in [4.69, 9.17) is 4.98 Å². The van der Waals surface area contributed by atoms with Gasteiger partial charge in [-0.1, -0.05) is 117 Å². The largest absolute Gasteiger partial charge is 0.354 e. The van der Waals surface area contributed by atoms with E-state index < -0.39 is 0 Å². The summed E-state index contributed by atoms with van der Waals surface area (Å²) < 4.78 is 0. The Labute approximate surface area is 235 Å². The van der Waals surface area contributed by atoms with E-state index >= 15 is 0 Å². The molecule has 0 atom stereocenters. The van der Waals surface area contributed by atoms with Crippen LogP contribution in [-0.4, -0.2) is 9.97 Å². The van der Waals surface area contributed by atoms with Gasteiger partial charge in [0.2, 0.25) is 0 Å². The van der Waals surface area contributed by atoms with E-state index in [-0.39, 0.29) is 5.41 Å². The molecule has 0 aliphatic rings. The van der Waals surface area contributed by atoms with Gasteiger partial charge in [0.1, 0.15) is 0 Å². The van der Waals surface area contributed by atoms with Gasteiger partial charge in [0.25, 0.3) is 0 Å². The molecule has 2 heterocycles. The lowest BCUT2D eigenvalue weighted by Gasteiger charge is -2.26. The number of hydrogen-bond acceptors (Lipinski definition) is 1. The van der Waals surface area contributed by atoms with Crippen molar-refractivity contribution in [3.05, 3.63) is 151 Å². The molecule has 0 radical (unpaired) electrons. The summed E-state index contributed by atoms with van der Waals surface area (Å²) in [6.45, 7) is 4.55. The zero-order valence-corrected chi connectivity index (χ0v) is 22.7. The minimum Gasteiger partial charge on any atom is -0.354 e. The Balaban J connectivity index is 1.37. The van der Waals surface area contributed by atoms with Crippen LogP contribution in [0.2, 0.25) is 0 Å². The second-order valence-electron chi connectivity index (χ2n) is 11.0. The zero-order valence-electron chi connectivity index (χ0n) is 22.7. The Bertz CT molecular complexity index is 1910. The summed E-state index contributed by atoms with van der Waals surface area (Å²) in [4.78, 5) is 9.00. The highest BCUT2D eigenvalue weighted by Crippen LogP contribution is 2.39. The molecular formula is C38H30N2. The number of nitrogens with one attached hydrogen (secondary N) is 1. The molecule has 2 nitrogen and oxygen atoms in total. The quantitative estimate of drug-likeness (QED) is 0.243. The fourth-order valence-corrected chi connectivity index (χ4v) is 5.85. The number of aromatic amines is 1. The Kier molecular flexibility index (Phi) is 5.82. The summed E-state index contributed by atoms with van der Waals surface area (Å²) in [5.41, 5.74) is 11.2. The van der Waals surface area contributed by atoms with Crippen LogP contribution in [-0.2, 0) is 5.41 Å². The van der Waals surface area contributed by atoms with Crippen molar-refractivity contribution in [1.82, 2.24) is 9.97 Å². The van der Waals surface area contributed by atoms with Crippen molar-refractivity contribution in [3.8, 4) is 33.5 Å². The Morgan fingerprint density at radius 1 is 0.500 bits per heavy atom. The normalized spacial score (nSPS) is 11.8. The predicted octanol–water partition coefficient (Wildman–Crippen LogP) is 10.0. The number of rotatable bonds is 5. The van der Waals surface area contributed by atoms with Gasteiger partial charge in [-0.05, 0) is 64.2 Å². The summed E-state index contributed by atoms with van der Waals surface area (Å²) in [6.07, 6.45) is 0. The predicted molar refractivity (Wildman–Crippen MR) is 168 cm³/mol. The van der Waals surface area contributed by atoms with Gasteiger partial charge in [-0.15, -0.1) is 0 Å². The lowest BCUT2D eigenvalue weighted by molar-refractivity contribution is 0.622. The fourth-order valence-electron chi connectivity index (χ4n) is 5.85. The van der Waals surface area contributed by atoms with Crippen molar-refractivity contribution in [1.29, 1.82) is 0 Å². The maximum Gasteiger partial charge on any atom is 0.0706 e. The molecule has 192 valence electrons. The molecule has 1 N–H and O–H groups in total. The number of nitrogens with zero attached hydrogens (tertiary/aromatic N) is 1. The van der Waals surface area contributed by atoms with Gasteiger partial charge in [0.15, 0.2) is 0 Å². The number of pyridine rings is 1. The van der Waals surface area contributed by atoms with Crippen molar-refractivity contribution in [3.63, 3.8) is 0 Å². The number of para-hydroxylation sites is 2. The number of hydrogen-bond donors (Lipinski definition) is 1. The van der Waals surface area contributed by atoms with Crippen LogP contribution in [0.3, 0.4) is 0 Å². The van der Waals surface area contributed by atoms with Gasteiger partial charge in [-0.2, -0.15) is 0 Å². The van der Waals surface area contributed by atoms with Crippen molar-refractivity contribution < 1.29 is 0 Å². The molecule has 0 bridgehead atoms. The summed E-state index contributed by atoms with van der Waals surface area (Å²) in [5.74, 6) is 0. The summed E-state index contributed by atoms with van der Waals surface area (Å²) in [7, 11) is 0. The molecule has 0 amide bonds. The van der Waals surface area contributed by atoms with E-state index in [1.165, 1.54) is 44.1 Å². The van der Waals surface area contributed by atoms with Gasteiger partial charge in [0, 0.05) is 27.3 Å². The molecule has 7 aromatic rings. The maximum absolute atomic E-state index is 5.31. The van der Waals surface area contributed by atoms with Crippen LogP contribution in [0.5, 0.6) is 0 Å². The molecule has 5 aromatic carbocycles. The van der Waals surface area contributed by atoms with Gasteiger partial charge < -0.3 is 4.98 Å². The molecule has 0 fully saturated rings. The zero-order chi connectivity index (χ0) is 27.1. The first kappa shape index (κ1) is 24.1. The van der Waals surface area contributed by atoms with Crippen LogP contribution < -0.4 is 0 Å². The molecule has 0 aliphatic carbocycles. The number of benzene rings is 5. The fraction of sp³-hybridized carbons (Fsp3) is 0.0789. The second-order valence-corrected chi connectivity index (χ2v) is 11.0. The van der Waals surface area contributed by atoms with E-state index in [1.807, 2.05) is 0 Å². The monoisotopic (exact) mass is 514 g/mol. The maximum atomic E-state index is 5.31. The van der Waals surface area contributed by atoms with Crippen LogP contribution in [0.4, 0.5) is 0 Å². The number of H-pyrrole nitrogens is 1. The summed E-state index contributed by atoms with van der Waals surface area (Å²) in [5, 5.41) is 2.50. The van der Waals surface area contributed by atoms with Gasteiger partial charge in [-0.25, -0.2) is 0 Å². The van der Waals surface area contributed by atoms with Crippen molar-refractivity contribution in [2.75, 3.05) is 0 Å². The van der Waals surface area contributed by atoms with E-state index in [9.17, 15) is 0 Å². The second kappa shape index (κ2) is 9.66. The summed E-state index contributed by atoms with van der Waals surface area (Å²) >= 11 is 0. The highest BCUT2D eigenvalue weighted by atomic mass is 14.8. The first-order valence-corrected chi connectivity index (χ1v) is 13.8. The van der Waals surface area contributed by atoms with E-state index in [0.29, 0.717) is 0 Å². The third-order valence-corrected chi connectivity index (χ3v) is 8.05. The average molecular weight is 515 g/mol. The van der Waals surface area contributed by atoms with Crippen LogP contribution in [0.25, 0.3) is 55.3 Å². The highest BCUT2D eigenvalue weighted by molar-refractivity contribution is 6.08. The third kappa shape index (κ3) is 4.19. The molecule has 40 heavy (non-hydrogen) atoms. The van der Waals surface area contributed by atoms with Gasteiger partial charge >= 0.3 is 0 Å². The topological polar surface area (TPSA) is 28.7 Å². The van der Waals surface area contributed by atoms with Crippen LogP contribution in [0.15, 0.2) is 140 Å². The van der Waals surface area contributed by atoms with Crippen molar-refractivity contribution >= 4 is 21.8 Å². The van der Waals surface area contributed by atoms with Crippen LogP contribution in [0, 0.1) is 0 Å². The van der Waals surface area contributed by atoms with Crippen molar-refractivity contribution in [2.45, 2.75) is 19.3 Å². The smallest absolute Gasteiger partial charge is 0.0706 e. The number of fused-ring (bicyclic) bond motifs is 3. The molecule has 0 aliphatic heterocycles. The molecule has 7 rings (SSSR count). The molecule has 2 aromatic heterocycles. The Morgan fingerprint density at radius 3 is 1.77 bits per heavy atom. The lowest BCUT2D eigenvalue weighted by atomic mass is 9.80. The molecule has 0 unspecified atom stereocenters. The molecule has 0 saturated carbocycles. The molecule has 2 heteroatoms. The molecule has 0 saturated heterocycles. The van der Waals surface area contributed by atoms with E-state index in [2.05, 4.69) is 158 Å². The third-order valence-electron chi connectivity index (χ3n) is 8.05. The first-order valence-electron chi connectivity index (χ1n) is 13.8. The average Bonchev–Trinajstić information content (AvgIpc) is 3.41.